The van der Waals surface area contributed by atoms with Crippen LogP contribution in [0.3, 0.4) is 0 Å². The number of hydrogen-bond donors (Lipinski definition) is 1. The van der Waals surface area contributed by atoms with Crippen LogP contribution >= 0.6 is 0 Å². The lowest BCUT2D eigenvalue weighted by atomic mass is 10.3. The molecule has 1 heterocycles. The predicted octanol–water partition coefficient (Wildman–Crippen LogP) is 0.842. The van der Waals surface area contributed by atoms with Crippen molar-refractivity contribution in [1.82, 2.24) is 5.32 Å². The first-order valence-electron chi connectivity index (χ1n) is 4.52. The summed E-state index contributed by atoms with van der Waals surface area (Å²) in [5.74, 6) is -0.519. The quantitative estimate of drug-likeness (QED) is 0.682. The molecule has 0 saturated carbocycles. The third-order valence-electron chi connectivity index (χ3n) is 1.41. The van der Waals surface area contributed by atoms with Crippen LogP contribution < -0.4 is 5.32 Å². The smallest absolute Gasteiger partial charge is 0.226 e. The highest BCUT2D eigenvalue weighted by molar-refractivity contribution is 5.93. The Labute approximate surface area is 83.5 Å². The topological polar surface area (TPSA) is 67.8 Å². The maximum absolute atomic E-state index is 10.3. The van der Waals surface area contributed by atoms with Crippen molar-refractivity contribution in [2.75, 3.05) is 6.61 Å². The summed E-state index contributed by atoms with van der Waals surface area (Å²) in [7, 11) is 0. The molecule has 5 heteroatoms. The van der Waals surface area contributed by atoms with E-state index in [4.69, 9.17) is 0 Å². The van der Waals surface area contributed by atoms with Crippen molar-refractivity contribution in [1.29, 1.82) is 0 Å². The molecule has 0 atom stereocenters. The molecule has 0 radical (unpaired) electrons. The van der Waals surface area contributed by atoms with E-state index in [1.165, 1.54) is 6.92 Å². The third-order valence-corrected chi connectivity index (χ3v) is 1.41. The summed E-state index contributed by atoms with van der Waals surface area (Å²) in [5, 5.41) is 5.77. The number of imide groups is 1. The fourth-order valence-corrected chi connectivity index (χ4v) is 0.680. The van der Waals surface area contributed by atoms with Crippen molar-refractivity contribution >= 4 is 17.5 Å². The monoisotopic (exact) mass is 200 g/mol. The van der Waals surface area contributed by atoms with Gasteiger partial charge in [0.2, 0.25) is 11.8 Å². The number of oxime groups is 1. The molecule has 80 valence electrons. The van der Waals surface area contributed by atoms with Crippen LogP contribution in [0.25, 0.3) is 0 Å². The lowest BCUT2D eigenvalue weighted by molar-refractivity contribution is -0.129. The number of nitrogens with zero attached hydrogens (tertiary/aromatic N) is 1. The Morgan fingerprint density at radius 1 is 1.57 bits per heavy atom. The molecule has 0 saturated heterocycles. The van der Waals surface area contributed by atoms with Crippen LogP contribution in [0.2, 0.25) is 0 Å². The molecule has 0 aliphatic carbocycles. The highest BCUT2D eigenvalue weighted by Crippen LogP contribution is 1.96. The van der Waals surface area contributed by atoms with Crippen molar-refractivity contribution in [2.45, 2.75) is 33.6 Å². The fourth-order valence-electron chi connectivity index (χ4n) is 0.680. The average Bonchev–Trinajstić information content (AvgIpc) is 2.56. The van der Waals surface area contributed by atoms with Gasteiger partial charge in [0.1, 0.15) is 6.61 Å². The minimum atomic E-state index is -0.295. The summed E-state index contributed by atoms with van der Waals surface area (Å²) < 4.78 is 0. The third kappa shape index (κ3) is 7.27. The SMILES string of the molecule is CC1=NOCC1.CCC(=O)NC(C)=O. The zero-order valence-electron chi connectivity index (χ0n) is 8.79. The van der Waals surface area contributed by atoms with Gasteiger partial charge in [-0.25, -0.2) is 0 Å². The van der Waals surface area contributed by atoms with E-state index >= 15 is 0 Å². The first-order chi connectivity index (χ1) is 6.56. The Balaban J connectivity index is 0.000000249. The van der Waals surface area contributed by atoms with Crippen molar-refractivity contribution in [2.24, 2.45) is 5.16 Å². The van der Waals surface area contributed by atoms with Crippen molar-refractivity contribution in [3.05, 3.63) is 0 Å². The maximum Gasteiger partial charge on any atom is 0.226 e. The number of amides is 2. The molecule has 0 unspecified atom stereocenters. The Hall–Kier alpha value is -1.39. The van der Waals surface area contributed by atoms with Gasteiger partial charge in [-0.2, -0.15) is 0 Å². The van der Waals surface area contributed by atoms with Crippen LogP contribution in [-0.4, -0.2) is 24.1 Å². The molecule has 14 heavy (non-hydrogen) atoms. The highest BCUT2D eigenvalue weighted by Gasteiger charge is 1.98. The van der Waals surface area contributed by atoms with E-state index in [0.717, 1.165) is 18.7 Å². The summed E-state index contributed by atoms with van der Waals surface area (Å²) in [4.78, 5) is 25.0. The second-order valence-corrected chi connectivity index (χ2v) is 2.87. The number of carbonyl (C=O) groups excluding carboxylic acids is 2. The molecule has 0 aromatic heterocycles. The summed E-state index contributed by atoms with van der Waals surface area (Å²) in [6, 6.07) is 0. The van der Waals surface area contributed by atoms with Crippen LogP contribution in [0.15, 0.2) is 5.16 Å². The van der Waals surface area contributed by atoms with Crippen LogP contribution in [0, 0.1) is 0 Å². The van der Waals surface area contributed by atoms with Gasteiger partial charge in [-0.15, -0.1) is 0 Å². The molecule has 0 spiro atoms. The molecule has 0 bridgehead atoms. The Morgan fingerprint density at radius 3 is 2.36 bits per heavy atom. The fraction of sp³-hybridized carbons (Fsp3) is 0.667. The Morgan fingerprint density at radius 2 is 2.21 bits per heavy atom. The summed E-state index contributed by atoms with van der Waals surface area (Å²) in [6.45, 7) is 5.75. The van der Waals surface area contributed by atoms with Crippen molar-refractivity contribution < 1.29 is 14.4 Å². The van der Waals surface area contributed by atoms with E-state index in [2.05, 4.69) is 15.3 Å². The molecule has 1 rings (SSSR count). The van der Waals surface area contributed by atoms with Crippen LogP contribution in [0.5, 0.6) is 0 Å². The summed E-state index contributed by atoms with van der Waals surface area (Å²) >= 11 is 0. The van der Waals surface area contributed by atoms with E-state index in [0.29, 0.717) is 6.42 Å². The predicted molar refractivity (Wildman–Crippen MR) is 52.8 cm³/mol. The molecular formula is C9H16N2O3. The average molecular weight is 200 g/mol. The molecule has 5 nitrogen and oxygen atoms in total. The Kier molecular flexibility index (Phi) is 6.36. The van der Waals surface area contributed by atoms with Crippen LogP contribution in [-0.2, 0) is 14.4 Å². The molecular weight excluding hydrogens is 184 g/mol. The van der Waals surface area contributed by atoms with Gasteiger partial charge in [0.25, 0.3) is 0 Å². The molecule has 1 N–H and O–H groups in total. The first kappa shape index (κ1) is 12.6. The van der Waals surface area contributed by atoms with Gasteiger partial charge in [-0.1, -0.05) is 12.1 Å². The molecule has 1 aliphatic rings. The second kappa shape index (κ2) is 7.06. The lowest BCUT2D eigenvalue weighted by Crippen LogP contribution is -2.26. The van der Waals surface area contributed by atoms with Gasteiger partial charge in [0.15, 0.2) is 0 Å². The molecule has 0 aromatic rings. The van der Waals surface area contributed by atoms with E-state index in [1.807, 2.05) is 6.92 Å². The van der Waals surface area contributed by atoms with Gasteiger partial charge >= 0.3 is 0 Å². The molecule has 2 amide bonds. The van der Waals surface area contributed by atoms with Crippen molar-refractivity contribution in [3.63, 3.8) is 0 Å². The van der Waals surface area contributed by atoms with E-state index < -0.39 is 0 Å². The molecule has 0 fully saturated rings. The van der Waals surface area contributed by atoms with Crippen molar-refractivity contribution in [3.8, 4) is 0 Å². The van der Waals surface area contributed by atoms with Gasteiger partial charge < -0.3 is 4.84 Å². The number of nitrogens with one attached hydrogen (secondary N) is 1. The van der Waals surface area contributed by atoms with E-state index in [9.17, 15) is 9.59 Å². The highest BCUT2D eigenvalue weighted by atomic mass is 16.6. The summed E-state index contributed by atoms with van der Waals surface area (Å²) in [6.07, 6.45) is 1.37. The number of rotatable bonds is 1. The van der Waals surface area contributed by atoms with Gasteiger partial charge in [0.05, 0.1) is 5.71 Å². The zero-order valence-corrected chi connectivity index (χ0v) is 8.79. The van der Waals surface area contributed by atoms with Gasteiger partial charge in [-0.05, 0) is 6.92 Å². The van der Waals surface area contributed by atoms with E-state index in [-0.39, 0.29) is 11.8 Å². The lowest BCUT2D eigenvalue weighted by Gasteiger charge is -1.92. The normalized spacial score (nSPS) is 13.2. The zero-order chi connectivity index (χ0) is 11.0. The van der Waals surface area contributed by atoms with Gasteiger partial charge in [0, 0.05) is 19.8 Å². The Bertz CT molecular complexity index is 236. The first-order valence-corrected chi connectivity index (χ1v) is 4.52. The standard InChI is InChI=1S/C5H9NO2.C4H7NO/c1-3-5(8)6-4(2)7;1-4-2-3-6-5-4/h3H2,1-2H3,(H,6,7,8);2-3H2,1H3. The van der Waals surface area contributed by atoms with Crippen LogP contribution in [0.4, 0.5) is 0 Å². The van der Waals surface area contributed by atoms with Crippen LogP contribution in [0.1, 0.15) is 33.6 Å². The summed E-state index contributed by atoms with van der Waals surface area (Å²) in [5.41, 5.74) is 1.11. The minimum absolute atomic E-state index is 0.225. The minimum Gasteiger partial charge on any atom is -0.395 e. The molecule has 1 aliphatic heterocycles. The molecule has 0 aromatic carbocycles. The van der Waals surface area contributed by atoms with E-state index in [1.54, 1.807) is 6.92 Å². The maximum atomic E-state index is 10.3. The largest absolute Gasteiger partial charge is 0.395 e. The number of hydrogen-bond acceptors (Lipinski definition) is 4. The number of carbonyl (C=O) groups is 2. The van der Waals surface area contributed by atoms with Gasteiger partial charge in [-0.3, -0.25) is 14.9 Å². The second-order valence-electron chi connectivity index (χ2n) is 2.87.